The standard InChI is InChI=1S/C70H117NO8/c1-6-8-10-12-14-16-18-20-22-24-26-28-30-32-34-36-38-40-42-44-46-48-50-52-54-56-58-60-67(72)77-64-66(65-78-70(69(74)75)76-63-62-71(3,4)5)79-68(73)61-59-57-55-53-51-49-47-45-43-41-39-37-35-33-31-29-27-25-23-21-19-17-15-13-11-9-7-2/h9,11,15,17-18,20-21,23-24,26-27,29-30,32-33,35,39,41,45,47,66,70H,6-8,10,12-14,16,19,22,25,28,31,34,36-38,40,42-44,46,48-65H2,1-5H3/b11-9-,17-15-,20-18-,23-21-,26-24-,29-27-,32-30-,35-33-,41-39-,47-45-. The number of likely N-dealkylation sites (N-methyl/N-ethyl adjacent to an activating group) is 1. The number of carbonyl (C=O) groups is 3. The minimum Gasteiger partial charge on any atom is -0.545 e. The van der Waals surface area contributed by atoms with Gasteiger partial charge in [-0.1, -0.05) is 245 Å². The molecule has 2 unspecified atom stereocenters. The summed E-state index contributed by atoms with van der Waals surface area (Å²) in [5.41, 5.74) is 0. The highest BCUT2D eigenvalue weighted by atomic mass is 16.7. The molecule has 0 saturated carbocycles. The van der Waals surface area contributed by atoms with Crippen molar-refractivity contribution < 1.29 is 42.9 Å². The van der Waals surface area contributed by atoms with Crippen molar-refractivity contribution in [3.63, 3.8) is 0 Å². The molecule has 0 amide bonds. The van der Waals surface area contributed by atoms with Crippen LogP contribution in [0.3, 0.4) is 0 Å². The van der Waals surface area contributed by atoms with Crippen LogP contribution in [-0.2, 0) is 33.3 Å². The van der Waals surface area contributed by atoms with Crippen LogP contribution in [0.15, 0.2) is 122 Å². The fourth-order valence-electron chi connectivity index (χ4n) is 8.35. The molecule has 9 nitrogen and oxygen atoms in total. The van der Waals surface area contributed by atoms with Gasteiger partial charge in [-0.3, -0.25) is 9.59 Å². The van der Waals surface area contributed by atoms with E-state index in [-0.39, 0.29) is 38.6 Å². The number of carboxylic acid groups (broad SMARTS) is 1. The lowest BCUT2D eigenvalue weighted by molar-refractivity contribution is -0.870. The summed E-state index contributed by atoms with van der Waals surface area (Å²) in [5.74, 6) is -2.32. The lowest BCUT2D eigenvalue weighted by Crippen LogP contribution is -2.44. The number of hydrogen-bond donors (Lipinski definition) is 0. The number of unbranched alkanes of at least 4 members (excludes halogenated alkanes) is 22. The predicted molar refractivity (Wildman–Crippen MR) is 333 cm³/mol. The van der Waals surface area contributed by atoms with Gasteiger partial charge in [-0.05, 0) is 109 Å². The van der Waals surface area contributed by atoms with Crippen molar-refractivity contribution in [3.05, 3.63) is 122 Å². The molecule has 0 aromatic heterocycles. The van der Waals surface area contributed by atoms with E-state index in [1.165, 1.54) is 103 Å². The molecule has 450 valence electrons. The summed E-state index contributed by atoms with van der Waals surface area (Å²) in [6.45, 7) is 4.59. The molecular formula is C70H117NO8. The Morgan fingerprint density at radius 3 is 1.08 bits per heavy atom. The Kier molecular flexibility index (Phi) is 56.5. The smallest absolute Gasteiger partial charge is 0.306 e. The molecule has 0 aliphatic carbocycles. The third kappa shape index (κ3) is 61.2. The Labute approximate surface area is 485 Å². The van der Waals surface area contributed by atoms with Crippen molar-refractivity contribution in [3.8, 4) is 0 Å². The molecule has 0 heterocycles. The molecule has 0 bridgehead atoms. The lowest BCUT2D eigenvalue weighted by Gasteiger charge is -2.26. The second kappa shape index (κ2) is 59.8. The van der Waals surface area contributed by atoms with Gasteiger partial charge in [-0.25, -0.2) is 0 Å². The van der Waals surface area contributed by atoms with Crippen molar-refractivity contribution >= 4 is 17.9 Å². The van der Waals surface area contributed by atoms with Crippen LogP contribution in [0.5, 0.6) is 0 Å². The molecule has 0 aliphatic heterocycles. The van der Waals surface area contributed by atoms with Gasteiger partial charge in [0, 0.05) is 12.8 Å². The SMILES string of the molecule is CC/C=C\C/C=C\C/C=C\C/C=C\C/C=C\C/C=C\C/C=C\CCCCCCCC(=O)OC(COC(=O)CCCCCCCCCCCCCC/C=C\C/C=C\C/C=C\CCCCCCC)COC(OCC[N+](C)(C)C)C(=O)[O-]. The third-order valence-electron chi connectivity index (χ3n) is 13.2. The van der Waals surface area contributed by atoms with Gasteiger partial charge in [-0.15, -0.1) is 0 Å². The second-order valence-corrected chi connectivity index (χ2v) is 22.0. The van der Waals surface area contributed by atoms with E-state index in [0.29, 0.717) is 17.4 Å². The minimum absolute atomic E-state index is 0.137. The third-order valence-corrected chi connectivity index (χ3v) is 13.2. The Bertz CT molecular complexity index is 1710. The number of carbonyl (C=O) groups excluding carboxylic acids is 3. The van der Waals surface area contributed by atoms with Gasteiger partial charge in [-0.2, -0.15) is 0 Å². The number of hydrogen-bond acceptors (Lipinski definition) is 8. The Hall–Kier alpha value is -4.31. The minimum atomic E-state index is -1.64. The largest absolute Gasteiger partial charge is 0.545 e. The number of allylic oxidation sites excluding steroid dienone is 20. The average Bonchev–Trinajstić information content (AvgIpc) is 3.42. The summed E-state index contributed by atoms with van der Waals surface area (Å²) in [6.07, 6.45) is 81.1. The summed E-state index contributed by atoms with van der Waals surface area (Å²) in [5, 5.41) is 11.8. The van der Waals surface area contributed by atoms with Crippen LogP contribution >= 0.6 is 0 Å². The first kappa shape index (κ1) is 74.7. The lowest BCUT2D eigenvalue weighted by atomic mass is 10.0. The highest BCUT2D eigenvalue weighted by Gasteiger charge is 2.22. The second-order valence-electron chi connectivity index (χ2n) is 22.0. The normalized spacial score (nSPS) is 13.6. The number of rotatable bonds is 57. The number of aliphatic carboxylic acids is 1. The van der Waals surface area contributed by atoms with E-state index in [1.807, 2.05) is 21.1 Å². The molecule has 0 aromatic rings. The first-order chi connectivity index (χ1) is 38.6. The molecule has 0 N–H and O–H groups in total. The van der Waals surface area contributed by atoms with Gasteiger partial charge in [0.05, 0.1) is 40.3 Å². The molecule has 2 atom stereocenters. The van der Waals surface area contributed by atoms with Crippen molar-refractivity contribution in [1.82, 2.24) is 0 Å². The maximum absolute atomic E-state index is 12.9. The summed E-state index contributed by atoms with van der Waals surface area (Å²) in [7, 11) is 5.91. The topological polar surface area (TPSA) is 111 Å². The zero-order valence-electron chi connectivity index (χ0n) is 51.2. The monoisotopic (exact) mass is 1100 g/mol. The maximum Gasteiger partial charge on any atom is 0.306 e. The highest BCUT2D eigenvalue weighted by molar-refractivity contribution is 5.70. The Morgan fingerprint density at radius 2 is 0.722 bits per heavy atom. The fraction of sp³-hybridized carbons (Fsp3) is 0.671. The maximum atomic E-state index is 12.9. The summed E-state index contributed by atoms with van der Waals surface area (Å²) in [4.78, 5) is 37.4. The number of esters is 2. The van der Waals surface area contributed by atoms with Gasteiger partial charge in [0.15, 0.2) is 12.4 Å². The van der Waals surface area contributed by atoms with E-state index in [2.05, 4.69) is 135 Å². The van der Waals surface area contributed by atoms with Gasteiger partial charge in [0.2, 0.25) is 0 Å². The highest BCUT2D eigenvalue weighted by Crippen LogP contribution is 2.15. The molecule has 0 radical (unpaired) electrons. The van der Waals surface area contributed by atoms with Crippen LogP contribution in [0, 0.1) is 0 Å². The van der Waals surface area contributed by atoms with Gasteiger partial charge >= 0.3 is 11.9 Å². The Morgan fingerprint density at radius 1 is 0.392 bits per heavy atom. The molecule has 0 saturated heterocycles. The molecule has 0 rings (SSSR count). The van der Waals surface area contributed by atoms with Crippen LogP contribution < -0.4 is 5.11 Å². The predicted octanol–water partition coefficient (Wildman–Crippen LogP) is 17.9. The van der Waals surface area contributed by atoms with Crippen molar-refractivity contribution in [2.45, 2.75) is 257 Å². The van der Waals surface area contributed by atoms with Gasteiger partial charge < -0.3 is 33.3 Å². The quantitative estimate of drug-likeness (QED) is 0.0195. The average molecular weight is 1100 g/mol. The van der Waals surface area contributed by atoms with Crippen LogP contribution in [0.4, 0.5) is 0 Å². The van der Waals surface area contributed by atoms with Crippen LogP contribution in [-0.4, -0.2) is 82.3 Å². The number of ether oxygens (including phenoxy) is 4. The number of carboxylic acids is 1. The van der Waals surface area contributed by atoms with Crippen LogP contribution in [0.1, 0.15) is 245 Å². The number of nitrogens with zero attached hydrogens (tertiary/aromatic N) is 1. The summed E-state index contributed by atoms with van der Waals surface area (Å²) < 4.78 is 22.7. The zero-order chi connectivity index (χ0) is 57.6. The summed E-state index contributed by atoms with van der Waals surface area (Å²) in [6, 6.07) is 0. The first-order valence-electron chi connectivity index (χ1n) is 31.7. The van der Waals surface area contributed by atoms with Crippen LogP contribution in [0.25, 0.3) is 0 Å². The fourth-order valence-corrected chi connectivity index (χ4v) is 8.35. The van der Waals surface area contributed by atoms with E-state index in [9.17, 15) is 19.5 Å². The number of quaternary nitrogens is 1. The molecule has 0 spiro atoms. The Balaban J connectivity index is 4.28. The molecular weight excluding hydrogens is 983 g/mol. The van der Waals surface area contributed by atoms with Crippen molar-refractivity contribution in [2.24, 2.45) is 0 Å². The van der Waals surface area contributed by atoms with Crippen LogP contribution in [0.2, 0.25) is 0 Å². The van der Waals surface area contributed by atoms with Crippen molar-refractivity contribution in [1.29, 1.82) is 0 Å². The molecule has 9 heteroatoms. The molecule has 0 aromatic carbocycles. The van der Waals surface area contributed by atoms with E-state index >= 15 is 0 Å². The molecule has 0 fully saturated rings. The molecule has 79 heavy (non-hydrogen) atoms. The van der Waals surface area contributed by atoms with Gasteiger partial charge in [0.25, 0.3) is 0 Å². The van der Waals surface area contributed by atoms with E-state index in [1.54, 1.807) is 0 Å². The van der Waals surface area contributed by atoms with E-state index in [4.69, 9.17) is 18.9 Å². The van der Waals surface area contributed by atoms with E-state index < -0.39 is 24.3 Å². The zero-order valence-corrected chi connectivity index (χ0v) is 51.2. The van der Waals surface area contributed by atoms with Crippen molar-refractivity contribution in [2.75, 3.05) is 47.5 Å². The van der Waals surface area contributed by atoms with E-state index in [0.717, 1.165) is 109 Å². The summed E-state index contributed by atoms with van der Waals surface area (Å²) >= 11 is 0. The molecule has 0 aliphatic rings. The first-order valence-corrected chi connectivity index (χ1v) is 31.7. The van der Waals surface area contributed by atoms with Gasteiger partial charge in [0.1, 0.15) is 13.2 Å².